The van der Waals surface area contributed by atoms with Crippen molar-refractivity contribution in [1.82, 2.24) is 24.6 Å². The van der Waals surface area contributed by atoms with Crippen LogP contribution in [0.25, 0.3) is 22.1 Å². The maximum absolute atomic E-state index is 12.6. The van der Waals surface area contributed by atoms with Crippen molar-refractivity contribution < 1.29 is 4.79 Å². The molecule has 2 aromatic heterocycles. The number of thioether (sulfide) groups is 1. The number of hydrogen-bond acceptors (Lipinski definition) is 5. The van der Waals surface area contributed by atoms with E-state index in [0.29, 0.717) is 23.4 Å². The van der Waals surface area contributed by atoms with Gasteiger partial charge in [0.2, 0.25) is 11.1 Å². The van der Waals surface area contributed by atoms with E-state index in [1.807, 2.05) is 17.0 Å². The molecule has 164 valence electrons. The van der Waals surface area contributed by atoms with Crippen LogP contribution in [0.4, 0.5) is 0 Å². The van der Waals surface area contributed by atoms with Gasteiger partial charge in [0, 0.05) is 25.0 Å². The zero-order chi connectivity index (χ0) is 22.1. The van der Waals surface area contributed by atoms with Gasteiger partial charge in [0.1, 0.15) is 5.52 Å². The monoisotopic (exact) mass is 445 g/mol. The van der Waals surface area contributed by atoms with Crippen LogP contribution in [0.3, 0.4) is 0 Å². The second kappa shape index (κ2) is 8.90. The van der Waals surface area contributed by atoms with Gasteiger partial charge in [-0.2, -0.15) is 0 Å². The Hall–Kier alpha value is -2.93. The number of rotatable bonds is 5. The Kier molecular flexibility index (Phi) is 5.83. The molecular formula is C25H27N5OS. The van der Waals surface area contributed by atoms with Crippen molar-refractivity contribution in [3.05, 3.63) is 59.7 Å². The number of piperidine rings is 1. The minimum atomic E-state index is 0.158. The van der Waals surface area contributed by atoms with Crippen molar-refractivity contribution in [2.45, 2.75) is 38.4 Å². The first-order valence-corrected chi connectivity index (χ1v) is 12.1. The van der Waals surface area contributed by atoms with Gasteiger partial charge in [-0.15, -0.1) is 10.2 Å². The lowest BCUT2D eigenvalue weighted by molar-refractivity contribution is -0.129. The minimum Gasteiger partial charge on any atom is -0.342 e. The molecule has 0 atom stereocenters. The van der Waals surface area contributed by atoms with Gasteiger partial charge in [0.15, 0.2) is 5.65 Å². The second-order valence-corrected chi connectivity index (χ2v) is 9.65. The van der Waals surface area contributed by atoms with Crippen LogP contribution >= 0.6 is 11.8 Å². The molecule has 0 N–H and O–H groups in total. The van der Waals surface area contributed by atoms with Crippen molar-refractivity contribution in [1.29, 1.82) is 0 Å². The molecule has 1 aliphatic heterocycles. The van der Waals surface area contributed by atoms with Gasteiger partial charge in [-0.05, 0) is 37.3 Å². The lowest BCUT2D eigenvalue weighted by atomic mass is 9.99. The van der Waals surface area contributed by atoms with E-state index >= 15 is 0 Å². The highest BCUT2D eigenvalue weighted by molar-refractivity contribution is 7.99. The molecular weight excluding hydrogens is 418 g/mol. The molecule has 32 heavy (non-hydrogen) atoms. The number of carbonyl (C=O) groups is 1. The van der Waals surface area contributed by atoms with Crippen LogP contribution in [0.5, 0.6) is 0 Å². The van der Waals surface area contributed by atoms with E-state index in [2.05, 4.69) is 65.0 Å². The molecule has 7 heteroatoms. The molecule has 0 aliphatic carbocycles. The van der Waals surface area contributed by atoms with Gasteiger partial charge in [-0.3, -0.25) is 4.79 Å². The van der Waals surface area contributed by atoms with E-state index in [1.54, 1.807) is 0 Å². The number of hydrogen-bond donors (Lipinski definition) is 0. The third kappa shape index (κ3) is 4.21. The molecule has 1 saturated heterocycles. The number of likely N-dealkylation sites (tertiary alicyclic amines) is 1. The Labute approximate surface area is 192 Å². The van der Waals surface area contributed by atoms with Gasteiger partial charge < -0.3 is 9.47 Å². The molecule has 1 amide bonds. The van der Waals surface area contributed by atoms with E-state index in [0.717, 1.165) is 48.0 Å². The summed E-state index contributed by atoms with van der Waals surface area (Å²) in [5, 5.41) is 10.4. The summed E-state index contributed by atoms with van der Waals surface area (Å²) in [6, 6.07) is 16.7. The maximum atomic E-state index is 12.6. The third-order valence-corrected chi connectivity index (χ3v) is 7.06. The molecule has 2 aromatic carbocycles. The van der Waals surface area contributed by atoms with E-state index in [-0.39, 0.29) is 5.91 Å². The Balaban J connectivity index is 1.43. The average Bonchev–Trinajstić information content (AvgIpc) is 3.11. The lowest BCUT2D eigenvalue weighted by Crippen LogP contribution is -2.38. The normalized spacial score (nSPS) is 15.0. The van der Waals surface area contributed by atoms with Gasteiger partial charge in [0.25, 0.3) is 0 Å². The number of nitrogens with zero attached hydrogens (tertiary/aromatic N) is 5. The predicted octanol–water partition coefficient (Wildman–Crippen LogP) is 4.69. The zero-order valence-corrected chi connectivity index (χ0v) is 19.3. The SMILES string of the molecule is Cc1cccc(Cn2c3ccccc3c3nnc(SCC(=O)N4CCC(C)CC4)nc32)c1. The van der Waals surface area contributed by atoms with Gasteiger partial charge in [0.05, 0.1) is 11.3 Å². The first kappa shape index (κ1) is 20.9. The van der Waals surface area contributed by atoms with Crippen LogP contribution in [-0.2, 0) is 11.3 Å². The molecule has 0 unspecified atom stereocenters. The number of aromatic nitrogens is 4. The standard InChI is InChI=1S/C25H27N5OS/c1-17-10-12-29(13-11-17)22(31)16-32-25-26-24-23(27-28-25)20-8-3-4-9-21(20)30(24)15-19-7-5-6-18(2)14-19/h3-9,14,17H,10-13,15-16H2,1-2H3. The van der Waals surface area contributed by atoms with Gasteiger partial charge in [-0.25, -0.2) is 4.98 Å². The van der Waals surface area contributed by atoms with Crippen LogP contribution < -0.4 is 0 Å². The molecule has 1 aliphatic rings. The molecule has 5 rings (SSSR count). The van der Waals surface area contributed by atoms with E-state index in [4.69, 9.17) is 4.98 Å². The minimum absolute atomic E-state index is 0.158. The predicted molar refractivity (Wildman–Crippen MR) is 129 cm³/mol. The van der Waals surface area contributed by atoms with Crippen molar-refractivity contribution in [3.8, 4) is 0 Å². The summed E-state index contributed by atoms with van der Waals surface area (Å²) in [6.07, 6.45) is 2.17. The Morgan fingerprint density at radius 2 is 1.91 bits per heavy atom. The smallest absolute Gasteiger partial charge is 0.233 e. The fourth-order valence-electron chi connectivity index (χ4n) is 4.38. The molecule has 0 saturated carbocycles. The first-order valence-electron chi connectivity index (χ1n) is 11.2. The summed E-state index contributed by atoms with van der Waals surface area (Å²) in [5.41, 5.74) is 5.15. The van der Waals surface area contributed by atoms with Crippen molar-refractivity contribution >= 4 is 39.7 Å². The van der Waals surface area contributed by atoms with E-state index < -0.39 is 0 Å². The Bertz CT molecular complexity index is 1280. The van der Waals surface area contributed by atoms with Crippen molar-refractivity contribution in [3.63, 3.8) is 0 Å². The largest absolute Gasteiger partial charge is 0.342 e. The van der Waals surface area contributed by atoms with Crippen LogP contribution in [-0.4, -0.2) is 49.4 Å². The molecule has 0 spiro atoms. The zero-order valence-electron chi connectivity index (χ0n) is 18.5. The van der Waals surface area contributed by atoms with E-state index in [9.17, 15) is 4.79 Å². The highest BCUT2D eigenvalue weighted by atomic mass is 32.2. The summed E-state index contributed by atoms with van der Waals surface area (Å²) >= 11 is 1.38. The highest BCUT2D eigenvalue weighted by Crippen LogP contribution is 2.28. The van der Waals surface area contributed by atoms with Crippen LogP contribution in [0.1, 0.15) is 30.9 Å². The quantitative estimate of drug-likeness (QED) is 0.417. The van der Waals surface area contributed by atoms with Crippen LogP contribution in [0.15, 0.2) is 53.7 Å². The second-order valence-electron chi connectivity index (χ2n) is 8.71. The lowest BCUT2D eigenvalue weighted by Gasteiger charge is -2.30. The number of carbonyl (C=O) groups excluding carboxylic acids is 1. The topological polar surface area (TPSA) is 63.9 Å². The van der Waals surface area contributed by atoms with E-state index in [1.165, 1.54) is 22.9 Å². The fraction of sp³-hybridized carbons (Fsp3) is 0.360. The molecule has 6 nitrogen and oxygen atoms in total. The number of benzene rings is 2. The fourth-order valence-corrected chi connectivity index (χ4v) is 5.06. The summed E-state index contributed by atoms with van der Waals surface area (Å²) in [6.45, 7) is 6.77. The number of aryl methyl sites for hydroxylation is 1. The molecule has 0 radical (unpaired) electrons. The Morgan fingerprint density at radius 1 is 1.09 bits per heavy atom. The van der Waals surface area contributed by atoms with Crippen molar-refractivity contribution in [2.24, 2.45) is 5.92 Å². The molecule has 0 bridgehead atoms. The number of amides is 1. The molecule has 1 fully saturated rings. The van der Waals surface area contributed by atoms with Crippen molar-refractivity contribution in [2.75, 3.05) is 18.8 Å². The molecule has 4 aromatic rings. The van der Waals surface area contributed by atoms with Gasteiger partial charge >= 0.3 is 0 Å². The third-order valence-electron chi connectivity index (χ3n) is 6.24. The maximum Gasteiger partial charge on any atom is 0.233 e. The summed E-state index contributed by atoms with van der Waals surface area (Å²) in [5.74, 6) is 1.21. The number of para-hydroxylation sites is 1. The van der Waals surface area contributed by atoms with Crippen LogP contribution in [0.2, 0.25) is 0 Å². The summed E-state index contributed by atoms with van der Waals surface area (Å²) in [4.78, 5) is 19.5. The first-order chi connectivity index (χ1) is 15.6. The number of fused-ring (bicyclic) bond motifs is 3. The highest BCUT2D eigenvalue weighted by Gasteiger charge is 2.21. The average molecular weight is 446 g/mol. The van der Waals surface area contributed by atoms with Gasteiger partial charge in [-0.1, -0.05) is 66.7 Å². The summed E-state index contributed by atoms with van der Waals surface area (Å²) < 4.78 is 2.20. The Morgan fingerprint density at radius 3 is 2.72 bits per heavy atom. The summed E-state index contributed by atoms with van der Waals surface area (Å²) in [7, 11) is 0. The van der Waals surface area contributed by atoms with Crippen LogP contribution in [0, 0.1) is 12.8 Å². The molecule has 3 heterocycles.